The monoisotopic (exact) mass is 128 g/mol. The number of halogens is 1. The van der Waals surface area contributed by atoms with Crippen LogP contribution >= 0.6 is 0 Å². The Morgan fingerprint density at radius 2 is 2.11 bits per heavy atom. The van der Waals surface area contributed by atoms with Crippen LogP contribution in [0.5, 0.6) is 0 Å². The molecule has 0 aromatic rings. The van der Waals surface area contributed by atoms with E-state index >= 15 is 0 Å². The third-order valence-electron chi connectivity index (χ3n) is 2.89. The van der Waals surface area contributed by atoms with Gasteiger partial charge in [-0.25, -0.2) is 4.39 Å². The van der Waals surface area contributed by atoms with Crippen LogP contribution in [0, 0.1) is 5.92 Å². The minimum absolute atomic E-state index is 0.705. The van der Waals surface area contributed by atoms with Crippen molar-refractivity contribution in [3.63, 3.8) is 0 Å². The molecule has 0 aromatic carbocycles. The zero-order valence-corrected chi connectivity index (χ0v) is 5.70. The molecule has 2 saturated carbocycles. The lowest BCUT2D eigenvalue weighted by atomic mass is 9.87. The van der Waals surface area contributed by atoms with E-state index in [4.69, 9.17) is 0 Å². The number of alkyl halides is 1. The molecular weight excluding hydrogens is 115 g/mol. The highest BCUT2D eigenvalue weighted by Crippen LogP contribution is 2.47. The van der Waals surface area contributed by atoms with Crippen molar-refractivity contribution in [3.05, 3.63) is 0 Å². The largest absolute Gasteiger partial charge is 0.244 e. The Kier molecular flexibility index (Phi) is 1.08. The van der Waals surface area contributed by atoms with Gasteiger partial charge in [0, 0.05) is 0 Å². The van der Waals surface area contributed by atoms with Crippen LogP contribution in [0.15, 0.2) is 0 Å². The molecular formula is C8H13F. The third kappa shape index (κ3) is 0.867. The Morgan fingerprint density at radius 3 is 2.78 bits per heavy atom. The molecule has 1 heteroatoms. The maximum absolute atomic E-state index is 13.3. The molecule has 0 nitrogen and oxygen atoms in total. The lowest BCUT2D eigenvalue weighted by Gasteiger charge is -2.24. The van der Waals surface area contributed by atoms with Gasteiger partial charge in [-0.2, -0.15) is 0 Å². The van der Waals surface area contributed by atoms with E-state index in [0.29, 0.717) is 0 Å². The van der Waals surface area contributed by atoms with Crippen molar-refractivity contribution in [2.75, 3.05) is 0 Å². The zero-order valence-electron chi connectivity index (χ0n) is 5.70. The number of hydrogen-bond acceptors (Lipinski definition) is 0. The van der Waals surface area contributed by atoms with Crippen LogP contribution < -0.4 is 0 Å². The Morgan fingerprint density at radius 1 is 1.22 bits per heavy atom. The second-order valence-electron chi connectivity index (χ2n) is 3.65. The van der Waals surface area contributed by atoms with E-state index in [2.05, 4.69) is 0 Å². The Balaban J connectivity index is 2.13. The van der Waals surface area contributed by atoms with Crippen LogP contribution in [0.2, 0.25) is 0 Å². The van der Waals surface area contributed by atoms with Gasteiger partial charge < -0.3 is 0 Å². The molecule has 0 saturated heterocycles. The quantitative estimate of drug-likeness (QED) is 0.470. The fraction of sp³-hybridized carbons (Fsp3) is 1.00. The predicted molar refractivity (Wildman–Crippen MR) is 35.0 cm³/mol. The van der Waals surface area contributed by atoms with Crippen molar-refractivity contribution < 1.29 is 4.39 Å². The van der Waals surface area contributed by atoms with Crippen LogP contribution in [0.4, 0.5) is 4.39 Å². The highest BCUT2D eigenvalue weighted by Gasteiger charge is 2.41. The maximum atomic E-state index is 13.3. The van der Waals surface area contributed by atoms with Crippen molar-refractivity contribution in [1.29, 1.82) is 0 Å². The molecule has 2 aliphatic carbocycles. The molecule has 0 N–H and O–H groups in total. The van der Waals surface area contributed by atoms with Crippen molar-refractivity contribution >= 4 is 0 Å². The van der Waals surface area contributed by atoms with Gasteiger partial charge in [0.1, 0.15) is 5.67 Å². The third-order valence-corrected chi connectivity index (χ3v) is 2.89. The van der Waals surface area contributed by atoms with E-state index in [1.165, 1.54) is 6.42 Å². The smallest absolute Gasteiger partial charge is 0.111 e. The van der Waals surface area contributed by atoms with Crippen molar-refractivity contribution in [3.8, 4) is 0 Å². The van der Waals surface area contributed by atoms with E-state index in [0.717, 1.165) is 38.0 Å². The van der Waals surface area contributed by atoms with Gasteiger partial charge in [-0.05, 0) is 38.0 Å². The fourth-order valence-electron chi connectivity index (χ4n) is 2.37. The second kappa shape index (κ2) is 1.71. The first kappa shape index (κ1) is 5.70. The summed E-state index contributed by atoms with van der Waals surface area (Å²) in [6.07, 6.45) is 6.19. The molecule has 0 aromatic heterocycles. The van der Waals surface area contributed by atoms with Crippen LogP contribution in [0.3, 0.4) is 0 Å². The molecule has 0 aliphatic heterocycles. The van der Waals surface area contributed by atoms with E-state index in [9.17, 15) is 4.39 Å². The maximum Gasteiger partial charge on any atom is 0.111 e. The second-order valence-corrected chi connectivity index (χ2v) is 3.65. The van der Waals surface area contributed by atoms with Gasteiger partial charge in [-0.15, -0.1) is 0 Å². The van der Waals surface area contributed by atoms with Crippen molar-refractivity contribution in [1.82, 2.24) is 0 Å². The molecule has 0 radical (unpaired) electrons. The van der Waals surface area contributed by atoms with Crippen molar-refractivity contribution in [2.24, 2.45) is 5.92 Å². The number of rotatable bonds is 0. The van der Waals surface area contributed by atoms with E-state index in [-0.39, 0.29) is 0 Å². The summed E-state index contributed by atoms with van der Waals surface area (Å²) in [7, 11) is 0. The van der Waals surface area contributed by atoms with Gasteiger partial charge in [-0.1, -0.05) is 6.42 Å². The van der Waals surface area contributed by atoms with E-state index in [1.54, 1.807) is 0 Å². The molecule has 2 aliphatic rings. The van der Waals surface area contributed by atoms with Crippen LogP contribution in [0.1, 0.15) is 38.5 Å². The molecule has 0 amide bonds. The lowest BCUT2D eigenvalue weighted by molar-refractivity contribution is 0.126. The van der Waals surface area contributed by atoms with Crippen LogP contribution in [-0.4, -0.2) is 5.67 Å². The van der Waals surface area contributed by atoms with Gasteiger partial charge in [0.2, 0.25) is 0 Å². The van der Waals surface area contributed by atoms with Crippen molar-refractivity contribution in [2.45, 2.75) is 44.2 Å². The average Bonchev–Trinajstić information content (AvgIpc) is 2.07. The Hall–Kier alpha value is -0.0700. The fourth-order valence-corrected chi connectivity index (χ4v) is 2.37. The molecule has 2 fully saturated rings. The Bertz CT molecular complexity index is 118. The molecule has 9 heavy (non-hydrogen) atoms. The summed E-state index contributed by atoms with van der Waals surface area (Å²) in [6, 6.07) is 0. The zero-order chi connectivity index (χ0) is 6.32. The summed E-state index contributed by atoms with van der Waals surface area (Å²) in [6.45, 7) is 0. The summed E-state index contributed by atoms with van der Waals surface area (Å²) in [4.78, 5) is 0. The van der Waals surface area contributed by atoms with Gasteiger partial charge in [0.15, 0.2) is 0 Å². The summed E-state index contributed by atoms with van der Waals surface area (Å²) >= 11 is 0. The van der Waals surface area contributed by atoms with Gasteiger partial charge in [0.25, 0.3) is 0 Å². The van der Waals surface area contributed by atoms with Crippen LogP contribution in [-0.2, 0) is 0 Å². The summed E-state index contributed by atoms with van der Waals surface area (Å²) < 4.78 is 13.3. The lowest BCUT2D eigenvalue weighted by Crippen LogP contribution is -2.21. The molecule has 2 rings (SSSR count). The van der Waals surface area contributed by atoms with Crippen LogP contribution in [0.25, 0.3) is 0 Å². The minimum atomic E-state index is -0.705. The topological polar surface area (TPSA) is 0 Å². The minimum Gasteiger partial charge on any atom is -0.244 e. The molecule has 2 bridgehead atoms. The summed E-state index contributed by atoms with van der Waals surface area (Å²) in [5, 5.41) is 0. The first-order valence-corrected chi connectivity index (χ1v) is 3.97. The molecule has 2 unspecified atom stereocenters. The van der Waals surface area contributed by atoms with Gasteiger partial charge in [-0.3, -0.25) is 0 Å². The highest BCUT2D eigenvalue weighted by atomic mass is 19.1. The summed E-state index contributed by atoms with van der Waals surface area (Å²) in [5.74, 6) is 0.753. The average molecular weight is 128 g/mol. The predicted octanol–water partition coefficient (Wildman–Crippen LogP) is 2.68. The standard InChI is InChI=1S/C8H13F/c9-8-4-1-2-7(6-8)3-5-8/h7H,1-6H2. The normalized spacial score (nSPS) is 49.7. The van der Waals surface area contributed by atoms with Gasteiger partial charge >= 0.3 is 0 Å². The first-order chi connectivity index (χ1) is 4.29. The molecule has 0 heterocycles. The molecule has 2 atom stereocenters. The number of fused-ring (bicyclic) bond motifs is 2. The Labute approximate surface area is 55.4 Å². The SMILES string of the molecule is FC12CCCC(CC1)C2. The first-order valence-electron chi connectivity index (χ1n) is 3.97. The summed E-state index contributed by atoms with van der Waals surface area (Å²) in [5.41, 5.74) is -0.705. The molecule has 52 valence electrons. The van der Waals surface area contributed by atoms with Gasteiger partial charge in [0.05, 0.1) is 0 Å². The van der Waals surface area contributed by atoms with E-state index < -0.39 is 5.67 Å². The highest BCUT2D eigenvalue weighted by molar-refractivity contribution is 4.93. The number of hydrogen-bond donors (Lipinski definition) is 0. The molecule has 0 spiro atoms. The van der Waals surface area contributed by atoms with E-state index in [1.807, 2.05) is 0 Å².